The minimum absolute atomic E-state index is 0.0510. The van der Waals surface area contributed by atoms with Crippen molar-refractivity contribution in [3.05, 3.63) is 33.8 Å². The minimum atomic E-state index is -0.403. The van der Waals surface area contributed by atoms with Gasteiger partial charge >= 0.3 is 0 Å². The minimum Gasteiger partial charge on any atom is -0.340 e. The van der Waals surface area contributed by atoms with Crippen molar-refractivity contribution in [3.63, 3.8) is 0 Å². The first-order valence-electron chi connectivity index (χ1n) is 7.92. The summed E-state index contributed by atoms with van der Waals surface area (Å²) in [6.45, 7) is 4.25. The van der Waals surface area contributed by atoms with Crippen LogP contribution in [-0.2, 0) is 16.1 Å². The molecular weight excluding hydrogens is 367 g/mol. The van der Waals surface area contributed by atoms with E-state index in [1.165, 1.54) is 0 Å². The van der Waals surface area contributed by atoms with Gasteiger partial charge in [0.25, 0.3) is 0 Å². The molecular formula is C17H22Cl2N2O2S. The van der Waals surface area contributed by atoms with Crippen molar-refractivity contribution in [2.24, 2.45) is 5.92 Å². The number of likely N-dealkylation sites (N-methyl/N-ethyl adjacent to an activating group) is 1. The maximum Gasteiger partial charge on any atom is 0.246 e. The SMILES string of the molecule is CC[C@H](C)C(=O)N1CSC[C@@H]1C(=O)N(C)Cc1cccc(Cl)c1Cl. The Hall–Kier alpha value is -0.910. The van der Waals surface area contributed by atoms with Crippen molar-refractivity contribution in [2.75, 3.05) is 18.7 Å². The number of carbonyl (C=O) groups is 2. The van der Waals surface area contributed by atoms with Gasteiger partial charge in [0.05, 0.1) is 15.9 Å². The molecule has 1 aliphatic rings. The van der Waals surface area contributed by atoms with Gasteiger partial charge in [0.2, 0.25) is 11.8 Å². The summed E-state index contributed by atoms with van der Waals surface area (Å²) in [5.74, 6) is 1.13. The van der Waals surface area contributed by atoms with Gasteiger partial charge in [0, 0.05) is 25.3 Å². The highest BCUT2D eigenvalue weighted by molar-refractivity contribution is 7.99. The number of benzene rings is 1. The van der Waals surface area contributed by atoms with Crippen molar-refractivity contribution in [3.8, 4) is 0 Å². The summed E-state index contributed by atoms with van der Waals surface area (Å²) in [5.41, 5.74) is 0.797. The molecule has 1 fully saturated rings. The van der Waals surface area contributed by atoms with Gasteiger partial charge in [0.15, 0.2) is 0 Å². The quantitative estimate of drug-likeness (QED) is 0.767. The van der Waals surface area contributed by atoms with Crippen LogP contribution in [0.25, 0.3) is 0 Å². The molecule has 2 atom stereocenters. The Morgan fingerprint density at radius 2 is 2.12 bits per heavy atom. The van der Waals surface area contributed by atoms with Crippen LogP contribution in [0.2, 0.25) is 10.0 Å². The summed E-state index contributed by atoms with van der Waals surface area (Å²) in [7, 11) is 1.73. The highest BCUT2D eigenvalue weighted by Gasteiger charge is 2.37. The van der Waals surface area contributed by atoms with Gasteiger partial charge in [-0.2, -0.15) is 0 Å². The number of carbonyl (C=O) groups excluding carboxylic acids is 2. The molecule has 24 heavy (non-hydrogen) atoms. The number of hydrogen-bond donors (Lipinski definition) is 0. The van der Waals surface area contributed by atoms with Gasteiger partial charge in [-0.1, -0.05) is 49.2 Å². The van der Waals surface area contributed by atoms with Crippen LogP contribution in [0.1, 0.15) is 25.8 Å². The first kappa shape index (κ1) is 19.4. The third-order valence-corrected chi connectivity index (χ3v) is 6.17. The van der Waals surface area contributed by atoms with E-state index in [1.807, 2.05) is 26.0 Å². The molecule has 2 amide bonds. The van der Waals surface area contributed by atoms with E-state index in [2.05, 4.69) is 0 Å². The highest BCUT2D eigenvalue weighted by atomic mass is 35.5. The van der Waals surface area contributed by atoms with Gasteiger partial charge in [-0.05, 0) is 18.1 Å². The molecule has 1 saturated heterocycles. The van der Waals surface area contributed by atoms with E-state index in [0.29, 0.717) is 28.2 Å². The fraction of sp³-hybridized carbons (Fsp3) is 0.529. The Balaban J connectivity index is 2.09. The summed E-state index contributed by atoms with van der Waals surface area (Å²) < 4.78 is 0. The van der Waals surface area contributed by atoms with Crippen molar-refractivity contribution in [1.29, 1.82) is 0 Å². The van der Waals surface area contributed by atoms with E-state index in [9.17, 15) is 9.59 Å². The number of hydrogen-bond acceptors (Lipinski definition) is 3. The molecule has 0 N–H and O–H groups in total. The third-order valence-electron chi connectivity index (χ3n) is 4.30. The normalized spacial score (nSPS) is 18.5. The first-order valence-corrected chi connectivity index (χ1v) is 9.84. The predicted octanol–water partition coefficient (Wildman–Crippen LogP) is 3.90. The molecule has 0 aliphatic carbocycles. The standard InChI is InChI=1S/C17H22Cl2N2O2S/c1-4-11(2)16(22)21-10-24-9-14(21)17(23)20(3)8-12-6-5-7-13(18)15(12)19/h5-7,11,14H,4,8-10H2,1-3H3/t11-,14+/m0/s1. The lowest BCUT2D eigenvalue weighted by atomic mass is 10.1. The Bertz CT molecular complexity index is 627. The van der Waals surface area contributed by atoms with Gasteiger partial charge in [0.1, 0.15) is 6.04 Å². The number of halogens is 2. The fourth-order valence-corrected chi connectivity index (χ4v) is 4.12. The first-order chi connectivity index (χ1) is 11.4. The topological polar surface area (TPSA) is 40.6 Å². The maximum atomic E-state index is 12.8. The molecule has 0 unspecified atom stereocenters. The van der Waals surface area contributed by atoms with Gasteiger partial charge < -0.3 is 9.80 Å². The fourth-order valence-electron chi connectivity index (χ4n) is 2.58. The predicted molar refractivity (Wildman–Crippen MR) is 100 cm³/mol. The van der Waals surface area contributed by atoms with Crippen LogP contribution in [0.15, 0.2) is 18.2 Å². The zero-order chi connectivity index (χ0) is 17.9. The summed E-state index contributed by atoms with van der Waals surface area (Å²) in [6, 6.07) is 4.98. The van der Waals surface area contributed by atoms with Crippen LogP contribution in [0.5, 0.6) is 0 Å². The molecule has 0 spiro atoms. The Kier molecular flexibility index (Phi) is 6.84. The van der Waals surface area contributed by atoms with E-state index < -0.39 is 6.04 Å². The molecule has 0 aromatic heterocycles. The summed E-state index contributed by atoms with van der Waals surface area (Å²) in [4.78, 5) is 28.6. The smallest absolute Gasteiger partial charge is 0.246 e. The third kappa shape index (κ3) is 4.19. The average Bonchev–Trinajstić information content (AvgIpc) is 3.06. The van der Waals surface area contributed by atoms with Gasteiger partial charge in [-0.25, -0.2) is 0 Å². The van der Waals surface area contributed by atoms with Crippen molar-refractivity contribution in [1.82, 2.24) is 9.80 Å². The second-order valence-corrected chi connectivity index (χ2v) is 7.83. The molecule has 132 valence electrons. The molecule has 1 aromatic rings. The lowest BCUT2D eigenvalue weighted by molar-refractivity contribution is -0.144. The van der Waals surface area contributed by atoms with Crippen LogP contribution < -0.4 is 0 Å². The monoisotopic (exact) mass is 388 g/mol. The summed E-state index contributed by atoms with van der Waals surface area (Å²) in [5, 5.41) is 0.937. The lowest BCUT2D eigenvalue weighted by Crippen LogP contribution is -2.49. The molecule has 0 bridgehead atoms. The van der Waals surface area contributed by atoms with Crippen molar-refractivity contribution in [2.45, 2.75) is 32.9 Å². The van der Waals surface area contributed by atoms with Crippen LogP contribution in [0.4, 0.5) is 0 Å². The summed E-state index contributed by atoms with van der Waals surface area (Å²) >= 11 is 13.8. The summed E-state index contributed by atoms with van der Waals surface area (Å²) in [6.07, 6.45) is 0.773. The maximum absolute atomic E-state index is 12.8. The van der Waals surface area contributed by atoms with E-state index >= 15 is 0 Å². The molecule has 2 rings (SSSR count). The molecule has 0 radical (unpaired) electrons. The van der Waals surface area contributed by atoms with Crippen LogP contribution >= 0.6 is 35.0 Å². The second kappa shape index (κ2) is 8.45. The van der Waals surface area contributed by atoms with Crippen LogP contribution in [-0.4, -0.2) is 46.3 Å². The second-order valence-electron chi connectivity index (χ2n) is 6.04. The number of thioether (sulfide) groups is 1. The van der Waals surface area contributed by atoms with Crippen molar-refractivity contribution < 1.29 is 9.59 Å². The molecule has 0 saturated carbocycles. The number of nitrogens with zero attached hydrogens (tertiary/aromatic N) is 2. The van der Waals surface area contributed by atoms with E-state index in [1.54, 1.807) is 34.7 Å². The zero-order valence-corrected chi connectivity index (χ0v) is 16.4. The van der Waals surface area contributed by atoms with Crippen molar-refractivity contribution >= 4 is 46.8 Å². The Labute approximate surface area is 157 Å². The highest BCUT2D eigenvalue weighted by Crippen LogP contribution is 2.28. The number of rotatable bonds is 5. The van der Waals surface area contributed by atoms with E-state index in [-0.39, 0.29) is 17.7 Å². The van der Waals surface area contributed by atoms with Gasteiger partial charge in [-0.15, -0.1) is 11.8 Å². The number of amides is 2. The molecule has 4 nitrogen and oxygen atoms in total. The van der Waals surface area contributed by atoms with Crippen LogP contribution in [0, 0.1) is 5.92 Å². The molecule has 1 aromatic carbocycles. The molecule has 7 heteroatoms. The average molecular weight is 389 g/mol. The largest absolute Gasteiger partial charge is 0.340 e. The molecule has 1 heterocycles. The van der Waals surface area contributed by atoms with Crippen LogP contribution in [0.3, 0.4) is 0 Å². The zero-order valence-electron chi connectivity index (χ0n) is 14.1. The Morgan fingerprint density at radius 1 is 1.42 bits per heavy atom. The van der Waals surface area contributed by atoms with E-state index in [4.69, 9.17) is 23.2 Å². The van der Waals surface area contributed by atoms with E-state index in [0.717, 1.165) is 12.0 Å². The van der Waals surface area contributed by atoms with Gasteiger partial charge in [-0.3, -0.25) is 9.59 Å². The Morgan fingerprint density at radius 3 is 2.79 bits per heavy atom. The molecule has 1 aliphatic heterocycles. The lowest BCUT2D eigenvalue weighted by Gasteiger charge is -2.29.